The van der Waals surface area contributed by atoms with E-state index in [1.165, 1.54) is 7.11 Å². The molecule has 184 valence electrons. The molecular weight excluding hydrogens is 464 g/mol. The van der Waals surface area contributed by atoms with Crippen molar-refractivity contribution >= 4 is 22.9 Å². The van der Waals surface area contributed by atoms with Gasteiger partial charge in [-0.25, -0.2) is 0 Å². The SMILES string of the molecule is COc1ccc(C2NC(=S)N(CCCOC(C)C)C(C)=C2c2nc(-c3ccccc3)no2)cc1O. The van der Waals surface area contributed by atoms with Gasteiger partial charge in [0.15, 0.2) is 16.6 Å². The summed E-state index contributed by atoms with van der Waals surface area (Å²) in [4.78, 5) is 6.74. The van der Waals surface area contributed by atoms with Crippen LogP contribution < -0.4 is 10.1 Å². The molecule has 0 saturated heterocycles. The number of methoxy groups -OCH3 is 1. The van der Waals surface area contributed by atoms with Crippen LogP contribution in [-0.2, 0) is 4.74 Å². The molecular formula is C26H30N4O4S. The molecule has 1 unspecified atom stereocenters. The van der Waals surface area contributed by atoms with Crippen LogP contribution in [0.5, 0.6) is 11.5 Å². The van der Waals surface area contributed by atoms with Crippen molar-refractivity contribution in [1.82, 2.24) is 20.4 Å². The predicted molar refractivity (Wildman–Crippen MR) is 138 cm³/mol. The van der Waals surface area contributed by atoms with E-state index in [1.807, 2.05) is 62.1 Å². The largest absolute Gasteiger partial charge is 0.504 e. The summed E-state index contributed by atoms with van der Waals surface area (Å²) in [6, 6.07) is 14.5. The van der Waals surface area contributed by atoms with Gasteiger partial charge in [-0.05, 0) is 57.1 Å². The van der Waals surface area contributed by atoms with E-state index in [0.717, 1.165) is 28.8 Å². The maximum atomic E-state index is 10.4. The minimum Gasteiger partial charge on any atom is -0.504 e. The molecule has 0 amide bonds. The van der Waals surface area contributed by atoms with Crippen LogP contribution in [0.3, 0.4) is 0 Å². The molecule has 1 aromatic heterocycles. The maximum Gasteiger partial charge on any atom is 0.258 e. The third-order valence-corrected chi connectivity index (χ3v) is 6.14. The number of thiocarbonyl (C=S) groups is 1. The van der Waals surface area contributed by atoms with Crippen molar-refractivity contribution < 1.29 is 19.1 Å². The Balaban J connectivity index is 1.73. The Labute approximate surface area is 210 Å². The molecule has 9 heteroatoms. The summed E-state index contributed by atoms with van der Waals surface area (Å²) in [5.41, 5.74) is 3.35. The van der Waals surface area contributed by atoms with Crippen LogP contribution in [-0.4, -0.2) is 51.6 Å². The fraction of sp³-hybridized carbons (Fsp3) is 0.346. The molecule has 2 aromatic carbocycles. The molecule has 1 aliphatic rings. The van der Waals surface area contributed by atoms with Crippen LogP contribution in [0.4, 0.5) is 0 Å². The van der Waals surface area contributed by atoms with E-state index in [9.17, 15) is 5.11 Å². The lowest BCUT2D eigenvalue weighted by atomic mass is 9.94. The highest BCUT2D eigenvalue weighted by atomic mass is 32.1. The van der Waals surface area contributed by atoms with E-state index < -0.39 is 6.04 Å². The molecule has 2 heterocycles. The molecule has 0 fully saturated rings. The number of allylic oxidation sites excluding steroid dienone is 1. The number of aromatic nitrogens is 2. The highest BCUT2D eigenvalue weighted by Gasteiger charge is 2.34. The van der Waals surface area contributed by atoms with Crippen LogP contribution in [0.15, 0.2) is 58.8 Å². The number of phenolic OH excluding ortho intramolecular Hbond substituents is 1. The molecule has 0 saturated carbocycles. The van der Waals surface area contributed by atoms with Crippen LogP contribution in [0, 0.1) is 0 Å². The first-order valence-corrected chi connectivity index (χ1v) is 12.0. The van der Waals surface area contributed by atoms with Gasteiger partial charge in [0.05, 0.1) is 24.8 Å². The van der Waals surface area contributed by atoms with Gasteiger partial charge in [-0.1, -0.05) is 41.6 Å². The van der Waals surface area contributed by atoms with E-state index >= 15 is 0 Å². The Kier molecular flexibility index (Phi) is 7.67. The van der Waals surface area contributed by atoms with Gasteiger partial charge in [0.2, 0.25) is 5.82 Å². The number of rotatable bonds is 9. The molecule has 0 bridgehead atoms. The van der Waals surface area contributed by atoms with Gasteiger partial charge in [-0.3, -0.25) is 0 Å². The van der Waals surface area contributed by atoms with Gasteiger partial charge in [0.25, 0.3) is 5.89 Å². The van der Waals surface area contributed by atoms with Crippen molar-refractivity contribution in [1.29, 1.82) is 0 Å². The normalized spacial score (nSPS) is 16.1. The summed E-state index contributed by atoms with van der Waals surface area (Å²) in [5, 5.41) is 18.6. The molecule has 0 aliphatic carbocycles. The summed E-state index contributed by atoms with van der Waals surface area (Å²) < 4.78 is 16.7. The number of nitrogens with zero attached hydrogens (tertiary/aromatic N) is 3. The minimum atomic E-state index is -0.397. The van der Waals surface area contributed by atoms with Gasteiger partial charge in [-0.15, -0.1) is 0 Å². The second-order valence-corrected chi connectivity index (χ2v) is 8.91. The molecule has 0 radical (unpaired) electrons. The third-order valence-electron chi connectivity index (χ3n) is 5.80. The van der Waals surface area contributed by atoms with Crippen LogP contribution >= 0.6 is 12.2 Å². The number of nitrogens with one attached hydrogen (secondary N) is 1. The van der Waals surface area contributed by atoms with Crippen LogP contribution in [0.2, 0.25) is 0 Å². The van der Waals surface area contributed by atoms with E-state index in [2.05, 4.69) is 10.5 Å². The Morgan fingerprint density at radius 2 is 1.97 bits per heavy atom. The first-order valence-electron chi connectivity index (χ1n) is 11.6. The summed E-state index contributed by atoms with van der Waals surface area (Å²) in [7, 11) is 1.52. The Morgan fingerprint density at radius 1 is 1.20 bits per heavy atom. The zero-order valence-electron chi connectivity index (χ0n) is 20.3. The molecule has 4 rings (SSSR count). The Bertz CT molecular complexity index is 1210. The third kappa shape index (κ3) is 5.47. The highest BCUT2D eigenvalue weighted by Crippen LogP contribution is 2.39. The van der Waals surface area contributed by atoms with Crippen molar-refractivity contribution in [3.05, 3.63) is 65.7 Å². The zero-order valence-corrected chi connectivity index (χ0v) is 21.1. The van der Waals surface area contributed by atoms with Crippen molar-refractivity contribution in [3.63, 3.8) is 0 Å². The monoisotopic (exact) mass is 494 g/mol. The van der Waals surface area contributed by atoms with Gasteiger partial charge >= 0.3 is 0 Å². The summed E-state index contributed by atoms with van der Waals surface area (Å²) in [6.07, 6.45) is 0.980. The lowest BCUT2D eigenvalue weighted by Gasteiger charge is -2.37. The minimum absolute atomic E-state index is 0.0403. The van der Waals surface area contributed by atoms with Crippen molar-refractivity contribution in [2.24, 2.45) is 0 Å². The number of benzene rings is 2. The van der Waals surface area contributed by atoms with E-state index in [4.69, 9.17) is 31.2 Å². The zero-order chi connectivity index (χ0) is 24.9. The second-order valence-electron chi connectivity index (χ2n) is 8.53. The smallest absolute Gasteiger partial charge is 0.258 e. The molecule has 1 aliphatic heterocycles. The maximum absolute atomic E-state index is 10.4. The van der Waals surface area contributed by atoms with E-state index in [-0.39, 0.29) is 11.9 Å². The van der Waals surface area contributed by atoms with Crippen molar-refractivity contribution in [2.75, 3.05) is 20.3 Å². The molecule has 3 aromatic rings. The van der Waals surface area contributed by atoms with Gasteiger partial charge < -0.3 is 29.3 Å². The van der Waals surface area contributed by atoms with E-state index in [1.54, 1.807) is 12.1 Å². The van der Waals surface area contributed by atoms with E-state index in [0.29, 0.717) is 35.7 Å². The molecule has 0 spiro atoms. The predicted octanol–water partition coefficient (Wildman–Crippen LogP) is 4.93. The molecule has 2 N–H and O–H groups in total. The first kappa shape index (κ1) is 24.7. The van der Waals surface area contributed by atoms with Gasteiger partial charge in [-0.2, -0.15) is 4.98 Å². The quantitative estimate of drug-likeness (QED) is 0.317. The lowest BCUT2D eigenvalue weighted by molar-refractivity contribution is 0.0749. The highest BCUT2D eigenvalue weighted by molar-refractivity contribution is 7.80. The van der Waals surface area contributed by atoms with Crippen LogP contribution in [0.25, 0.3) is 17.0 Å². The standard InChI is InChI=1S/C26H30N4O4S/c1-16(2)33-14-8-13-30-17(3)22(25-28-24(29-34-25)18-9-6-5-7-10-18)23(27-26(30)35)19-11-12-21(32-4)20(31)15-19/h5-7,9-12,15-16,23,31H,8,13-14H2,1-4H3,(H,27,35). The summed E-state index contributed by atoms with van der Waals surface area (Å²) in [5.74, 6) is 1.33. The average molecular weight is 495 g/mol. The topological polar surface area (TPSA) is 92.9 Å². The average Bonchev–Trinajstić information content (AvgIpc) is 3.33. The fourth-order valence-electron chi connectivity index (χ4n) is 4.04. The number of hydrogen-bond donors (Lipinski definition) is 2. The molecule has 35 heavy (non-hydrogen) atoms. The summed E-state index contributed by atoms with van der Waals surface area (Å²) >= 11 is 5.73. The second kappa shape index (κ2) is 10.9. The lowest BCUT2D eigenvalue weighted by Crippen LogP contribution is -2.46. The van der Waals surface area contributed by atoms with Crippen LogP contribution in [0.1, 0.15) is 44.7 Å². The number of ether oxygens (including phenoxy) is 2. The molecule has 8 nitrogen and oxygen atoms in total. The number of phenols is 1. The molecule has 1 atom stereocenters. The Morgan fingerprint density at radius 3 is 2.66 bits per heavy atom. The number of hydrogen-bond acceptors (Lipinski definition) is 7. The van der Waals surface area contributed by atoms with Gasteiger partial charge in [0, 0.05) is 24.4 Å². The van der Waals surface area contributed by atoms with Crippen molar-refractivity contribution in [3.8, 4) is 22.9 Å². The first-order chi connectivity index (χ1) is 16.9. The number of aromatic hydroxyl groups is 1. The van der Waals surface area contributed by atoms with Gasteiger partial charge in [0.1, 0.15) is 0 Å². The Hall–Kier alpha value is -3.43. The summed E-state index contributed by atoms with van der Waals surface area (Å²) in [6.45, 7) is 7.34. The fourth-order valence-corrected chi connectivity index (χ4v) is 4.39. The van der Waals surface area contributed by atoms with Crippen molar-refractivity contribution in [2.45, 2.75) is 39.3 Å².